The smallest absolute Gasteiger partial charge is 0.319 e. The van der Waals surface area contributed by atoms with E-state index in [-0.39, 0.29) is 11.4 Å². The van der Waals surface area contributed by atoms with Crippen molar-refractivity contribution < 1.29 is 14.5 Å². The summed E-state index contributed by atoms with van der Waals surface area (Å²) in [5.74, 6) is -0.0747. The molecule has 0 saturated heterocycles. The Morgan fingerprint density at radius 2 is 2.32 bits per heavy atom. The van der Waals surface area contributed by atoms with Gasteiger partial charge in [-0.3, -0.25) is 20.0 Å². The first-order chi connectivity index (χ1) is 9.11. The van der Waals surface area contributed by atoms with Gasteiger partial charge in [-0.05, 0) is 12.1 Å². The minimum atomic E-state index is -0.677. The summed E-state index contributed by atoms with van der Waals surface area (Å²) in [5.41, 5.74) is -0.110. The first kappa shape index (κ1) is 12.6. The summed E-state index contributed by atoms with van der Waals surface area (Å²) in [6, 6.07) is 6.65. The van der Waals surface area contributed by atoms with Crippen LogP contribution in [0, 0.1) is 10.1 Å². The van der Waals surface area contributed by atoms with Gasteiger partial charge in [0.2, 0.25) is 5.69 Å². The number of aromatic nitrogens is 2. The van der Waals surface area contributed by atoms with Crippen LogP contribution in [0.25, 0.3) is 0 Å². The summed E-state index contributed by atoms with van der Waals surface area (Å²) in [4.78, 5) is 21.9. The van der Waals surface area contributed by atoms with E-state index in [0.717, 1.165) is 6.20 Å². The number of carbonyl (C=O) groups excluding carboxylic acids is 1. The lowest BCUT2D eigenvalue weighted by Gasteiger charge is -2.05. The minimum absolute atomic E-state index is 0.201. The number of methoxy groups -OCH3 is 1. The summed E-state index contributed by atoms with van der Waals surface area (Å²) in [6.45, 7) is 0. The third-order valence-corrected chi connectivity index (χ3v) is 2.37. The average molecular weight is 262 g/mol. The molecule has 0 fully saturated rings. The Bertz CT molecular complexity index is 623. The number of aromatic amines is 1. The number of rotatable bonds is 4. The Morgan fingerprint density at radius 1 is 1.53 bits per heavy atom. The second kappa shape index (κ2) is 5.17. The van der Waals surface area contributed by atoms with Crippen LogP contribution in [0.5, 0.6) is 5.75 Å². The molecule has 0 bridgehead atoms. The molecule has 1 heterocycles. The van der Waals surface area contributed by atoms with E-state index in [1.54, 1.807) is 24.3 Å². The van der Waals surface area contributed by atoms with Gasteiger partial charge in [0.25, 0.3) is 5.91 Å². The standard InChI is InChI=1S/C11H10N4O4/c1-19-8-4-2-3-7(5-8)13-11(16)10-9(15(17)18)6-12-14-10/h2-6H,1H3,(H,12,14)(H,13,16). The summed E-state index contributed by atoms with van der Waals surface area (Å²) >= 11 is 0. The maximum atomic E-state index is 11.9. The molecule has 2 aromatic rings. The van der Waals surface area contributed by atoms with Crippen LogP contribution >= 0.6 is 0 Å². The summed E-state index contributed by atoms with van der Waals surface area (Å²) in [5, 5.41) is 19.0. The third kappa shape index (κ3) is 2.68. The Labute approximate surface area is 107 Å². The molecule has 1 amide bonds. The predicted octanol–water partition coefficient (Wildman–Crippen LogP) is 1.58. The highest BCUT2D eigenvalue weighted by atomic mass is 16.6. The van der Waals surface area contributed by atoms with Crippen LogP contribution in [0.1, 0.15) is 10.5 Å². The van der Waals surface area contributed by atoms with Gasteiger partial charge in [-0.15, -0.1) is 0 Å². The molecule has 1 aromatic heterocycles. The van der Waals surface area contributed by atoms with Gasteiger partial charge in [0, 0.05) is 11.8 Å². The van der Waals surface area contributed by atoms with E-state index in [4.69, 9.17) is 4.74 Å². The first-order valence-corrected chi connectivity index (χ1v) is 5.25. The van der Waals surface area contributed by atoms with Crippen molar-refractivity contribution in [1.82, 2.24) is 10.2 Å². The van der Waals surface area contributed by atoms with Crippen molar-refractivity contribution in [2.75, 3.05) is 12.4 Å². The van der Waals surface area contributed by atoms with Crippen molar-refractivity contribution >= 4 is 17.3 Å². The van der Waals surface area contributed by atoms with Crippen molar-refractivity contribution in [3.05, 3.63) is 46.3 Å². The van der Waals surface area contributed by atoms with Crippen LogP contribution in [0.15, 0.2) is 30.5 Å². The van der Waals surface area contributed by atoms with Crippen molar-refractivity contribution in [3.8, 4) is 5.75 Å². The Kier molecular flexibility index (Phi) is 3.42. The summed E-state index contributed by atoms with van der Waals surface area (Å²) < 4.78 is 5.01. The second-order valence-electron chi connectivity index (χ2n) is 3.57. The number of anilines is 1. The molecule has 0 radical (unpaired) electrons. The number of hydrogen-bond acceptors (Lipinski definition) is 5. The highest BCUT2D eigenvalue weighted by Gasteiger charge is 2.22. The molecular weight excluding hydrogens is 252 g/mol. The first-order valence-electron chi connectivity index (χ1n) is 5.25. The van der Waals surface area contributed by atoms with Crippen molar-refractivity contribution in [1.29, 1.82) is 0 Å². The average Bonchev–Trinajstić information content (AvgIpc) is 2.88. The Hall–Kier alpha value is -2.90. The Balaban J connectivity index is 2.20. The van der Waals surface area contributed by atoms with Crippen molar-refractivity contribution in [3.63, 3.8) is 0 Å². The SMILES string of the molecule is COc1cccc(NC(=O)c2[nH]ncc2[N+](=O)[O-])c1. The molecule has 8 nitrogen and oxygen atoms in total. The predicted molar refractivity (Wildman–Crippen MR) is 66.2 cm³/mol. The maximum absolute atomic E-state index is 11.9. The van der Waals surface area contributed by atoms with Gasteiger partial charge in [-0.1, -0.05) is 6.07 Å². The normalized spacial score (nSPS) is 9.95. The summed E-state index contributed by atoms with van der Waals surface area (Å²) in [6.07, 6.45) is 0.987. The number of hydrogen-bond donors (Lipinski definition) is 2. The number of H-pyrrole nitrogens is 1. The van der Waals surface area contributed by atoms with Crippen LogP contribution < -0.4 is 10.1 Å². The second-order valence-corrected chi connectivity index (χ2v) is 3.57. The third-order valence-electron chi connectivity index (χ3n) is 2.37. The van der Waals surface area contributed by atoms with Gasteiger partial charge in [-0.25, -0.2) is 0 Å². The van der Waals surface area contributed by atoms with E-state index in [1.807, 2.05) is 0 Å². The molecule has 0 atom stereocenters. The molecular formula is C11H10N4O4. The largest absolute Gasteiger partial charge is 0.497 e. The number of nitrogens with zero attached hydrogens (tertiary/aromatic N) is 2. The van der Waals surface area contributed by atoms with E-state index in [9.17, 15) is 14.9 Å². The van der Waals surface area contributed by atoms with Crippen LogP contribution in [-0.4, -0.2) is 28.1 Å². The zero-order valence-electron chi connectivity index (χ0n) is 9.91. The molecule has 0 aliphatic heterocycles. The monoisotopic (exact) mass is 262 g/mol. The molecule has 2 rings (SSSR count). The topological polar surface area (TPSA) is 110 Å². The number of nitro groups is 1. The quantitative estimate of drug-likeness (QED) is 0.642. The van der Waals surface area contributed by atoms with E-state index >= 15 is 0 Å². The van der Waals surface area contributed by atoms with Crippen LogP contribution in [0.3, 0.4) is 0 Å². The molecule has 98 valence electrons. The van der Waals surface area contributed by atoms with Crippen molar-refractivity contribution in [2.24, 2.45) is 0 Å². The lowest BCUT2D eigenvalue weighted by Crippen LogP contribution is -2.14. The van der Waals surface area contributed by atoms with Gasteiger partial charge in [0.15, 0.2) is 0 Å². The number of ether oxygens (including phenoxy) is 1. The number of benzene rings is 1. The fraction of sp³-hybridized carbons (Fsp3) is 0.0909. The van der Waals surface area contributed by atoms with E-state index in [1.165, 1.54) is 7.11 Å². The van der Waals surface area contributed by atoms with E-state index in [0.29, 0.717) is 11.4 Å². The van der Waals surface area contributed by atoms with E-state index < -0.39 is 10.8 Å². The number of nitrogens with one attached hydrogen (secondary N) is 2. The van der Waals surface area contributed by atoms with Gasteiger partial charge in [0.1, 0.15) is 11.9 Å². The molecule has 0 saturated carbocycles. The van der Waals surface area contributed by atoms with Crippen molar-refractivity contribution in [2.45, 2.75) is 0 Å². The molecule has 1 aromatic carbocycles. The van der Waals surface area contributed by atoms with Crippen LogP contribution in [0.2, 0.25) is 0 Å². The van der Waals surface area contributed by atoms with Gasteiger partial charge in [-0.2, -0.15) is 5.10 Å². The van der Waals surface area contributed by atoms with Gasteiger partial charge >= 0.3 is 5.69 Å². The maximum Gasteiger partial charge on any atom is 0.319 e. The fourth-order valence-corrected chi connectivity index (χ4v) is 1.48. The Morgan fingerprint density at radius 3 is 3.00 bits per heavy atom. The molecule has 2 N–H and O–H groups in total. The van der Waals surface area contributed by atoms with Crippen LogP contribution in [-0.2, 0) is 0 Å². The molecule has 0 aliphatic rings. The summed E-state index contributed by atoms with van der Waals surface area (Å²) in [7, 11) is 1.50. The molecule has 0 spiro atoms. The molecule has 8 heteroatoms. The zero-order chi connectivity index (χ0) is 13.8. The number of amides is 1. The molecule has 19 heavy (non-hydrogen) atoms. The lowest BCUT2D eigenvalue weighted by molar-refractivity contribution is -0.385. The molecule has 0 aliphatic carbocycles. The highest BCUT2D eigenvalue weighted by Crippen LogP contribution is 2.19. The minimum Gasteiger partial charge on any atom is -0.497 e. The van der Waals surface area contributed by atoms with Crippen LogP contribution in [0.4, 0.5) is 11.4 Å². The van der Waals surface area contributed by atoms with E-state index in [2.05, 4.69) is 15.5 Å². The highest BCUT2D eigenvalue weighted by molar-refractivity contribution is 6.05. The van der Waals surface area contributed by atoms with Gasteiger partial charge < -0.3 is 10.1 Å². The fourth-order valence-electron chi connectivity index (χ4n) is 1.48. The molecule has 0 unspecified atom stereocenters. The van der Waals surface area contributed by atoms with Gasteiger partial charge in [0.05, 0.1) is 12.0 Å². The number of carbonyl (C=O) groups is 1. The zero-order valence-corrected chi connectivity index (χ0v) is 9.91. The lowest BCUT2D eigenvalue weighted by atomic mass is 10.3.